The minimum absolute atomic E-state index is 0.357. The highest BCUT2D eigenvalue weighted by Crippen LogP contribution is 2.06. The van der Waals surface area contributed by atoms with Crippen LogP contribution < -0.4 is 5.32 Å². The molecular weight excluding hydrogens is 246 g/mol. The van der Waals surface area contributed by atoms with E-state index in [1.807, 2.05) is 32.9 Å². The van der Waals surface area contributed by atoms with Crippen LogP contribution in [0.5, 0.6) is 0 Å². The molecule has 0 aliphatic carbocycles. The van der Waals surface area contributed by atoms with Crippen LogP contribution in [0.1, 0.15) is 27.2 Å². The number of allylic oxidation sites excluding steroid dienone is 1. The van der Waals surface area contributed by atoms with Crippen molar-refractivity contribution >= 4 is 22.0 Å². The Bertz CT molecular complexity index is 197. The van der Waals surface area contributed by atoms with Crippen molar-refractivity contribution in [3.05, 3.63) is 12.2 Å². The summed E-state index contributed by atoms with van der Waals surface area (Å²) in [6.45, 7) is 6.14. The van der Waals surface area contributed by atoms with Gasteiger partial charge in [0.15, 0.2) is 0 Å². The van der Waals surface area contributed by atoms with Gasteiger partial charge in [-0.2, -0.15) is 0 Å². The number of halogens is 1. The first-order chi connectivity index (χ1) is 6.45. The normalized spacial score (nSPS) is 11.7. The number of amides is 1. The molecule has 0 aliphatic rings. The molecule has 0 fully saturated rings. The molecular formula is C10H18BrNO2. The first-order valence-corrected chi connectivity index (χ1v) is 5.75. The molecule has 14 heavy (non-hydrogen) atoms. The van der Waals surface area contributed by atoms with E-state index in [4.69, 9.17) is 4.74 Å². The minimum atomic E-state index is -0.421. The van der Waals surface area contributed by atoms with Gasteiger partial charge in [-0.25, -0.2) is 4.79 Å². The molecule has 0 radical (unpaired) electrons. The zero-order chi connectivity index (χ0) is 11.0. The van der Waals surface area contributed by atoms with Gasteiger partial charge >= 0.3 is 6.09 Å². The standard InChI is InChI=1S/C10H18BrNO2/c1-10(2,3)14-9(13)12-8-6-4-5-7-11/h4-5H,6-8H2,1-3H3,(H,12,13). The lowest BCUT2D eigenvalue weighted by atomic mass is 10.2. The van der Waals surface area contributed by atoms with Gasteiger partial charge in [-0.05, 0) is 27.2 Å². The molecule has 1 N–H and O–H groups in total. The van der Waals surface area contributed by atoms with Crippen molar-refractivity contribution in [3.8, 4) is 0 Å². The Hall–Kier alpha value is -0.510. The van der Waals surface area contributed by atoms with E-state index in [2.05, 4.69) is 21.2 Å². The molecule has 0 aromatic heterocycles. The maximum Gasteiger partial charge on any atom is 0.407 e. The summed E-state index contributed by atoms with van der Waals surface area (Å²) in [5.74, 6) is 0. The molecule has 82 valence electrons. The third-order valence-corrected chi connectivity index (χ3v) is 1.61. The molecule has 0 rings (SSSR count). The average molecular weight is 264 g/mol. The monoisotopic (exact) mass is 263 g/mol. The van der Waals surface area contributed by atoms with E-state index in [1.54, 1.807) is 0 Å². The van der Waals surface area contributed by atoms with E-state index < -0.39 is 5.60 Å². The third-order valence-electron chi connectivity index (χ3n) is 1.23. The second kappa shape index (κ2) is 6.87. The van der Waals surface area contributed by atoms with Crippen molar-refractivity contribution in [2.45, 2.75) is 32.8 Å². The second-order valence-corrected chi connectivity index (χ2v) is 4.49. The minimum Gasteiger partial charge on any atom is -0.444 e. The fourth-order valence-electron chi connectivity index (χ4n) is 0.753. The van der Waals surface area contributed by atoms with E-state index >= 15 is 0 Å². The van der Waals surface area contributed by atoms with E-state index in [1.165, 1.54) is 0 Å². The van der Waals surface area contributed by atoms with Crippen molar-refractivity contribution < 1.29 is 9.53 Å². The van der Waals surface area contributed by atoms with Crippen LogP contribution in [-0.4, -0.2) is 23.6 Å². The summed E-state index contributed by atoms with van der Waals surface area (Å²) in [6, 6.07) is 0. The lowest BCUT2D eigenvalue weighted by Gasteiger charge is -2.19. The Kier molecular flexibility index (Phi) is 6.62. The Morgan fingerprint density at radius 2 is 2.07 bits per heavy atom. The van der Waals surface area contributed by atoms with E-state index in [9.17, 15) is 4.79 Å². The molecule has 0 aromatic carbocycles. The van der Waals surface area contributed by atoms with Crippen molar-refractivity contribution in [2.75, 3.05) is 11.9 Å². The number of carbonyl (C=O) groups is 1. The summed E-state index contributed by atoms with van der Waals surface area (Å²) >= 11 is 3.27. The second-order valence-electron chi connectivity index (χ2n) is 3.84. The number of nitrogens with one attached hydrogen (secondary N) is 1. The molecule has 1 amide bonds. The van der Waals surface area contributed by atoms with Crippen LogP contribution in [-0.2, 0) is 4.74 Å². The van der Waals surface area contributed by atoms with Crippen molar-refractivity contribution in [2.24, 2.45) is 0 Å². The van der Waals surface area contributed by atoms with Gasteiger partial charge in [-0.1, -0.05) is 28.1 Å². The summed E-state index contributed by atoms with van der Waals surface area (Å²) in [6.07, 6.45) is 4.47. The van der Waals surface area contributed by atoms with Gasteiger partial charge in [0.05, 0.1) is 0 Å². The molecule has 0 aromatic rings. The van der Waals surface area contributed by atoms with Crippen LogP contribution in [0.3, 0.4) is 0 Å². The number of alkyl halides is 1. The van der Waals surface area contributed by atoms with Gasteiger partial charge in [0.1, 0.15) is 5.60 Å². The fraction of sp³-hybridized carbons (Fsp3) is 0.700. The summed E-state index contributed by atoms with van der Waals surface area (Å²) in [5, 5.41) is 3.52. The highest BCUT2D eigenvalue weighted by molar-refractivity contribution is 9.09. The third kappa shape index (κ3) is 9.58. The molecule has 0 unspecified atom stereocenters. The predicted octanol–water partition coefficient (Wildman–Crippen LogP) is 2.85. The van der Waals surface area contributed by atoms with Gasteiger partial charge in [0.25, 0.3) is 0 Å². The van der Waals surface area contributed by atoms with Crippen LogP contribution in [0.4, 0.5) is 4.79 Å². The summed E-state index contributed by atoms with van der Waals surface area (Å²) in [7, 11) is 0. The molecule has 3 nitrogen and oxygen atoms in total. The Morgan fingerprint density at radius 3 is 2.57 bits per heavy atom. The summed E-state index contributed by atoms with van der Waals surface area (Å²) in [5.41, 5.74) is -0.421. The van der Waals surface area contributed by atoms with Gasteiger partial charge < -0.3 is 10.1 Å². The maximum absolute atomic E-state index is 11.1. The highest BCUT2D eigenvalue weighted by atomic mass is 79.9. The van der Waals surface area contributed by atoms with Gasteiger partial charge in [0.2, 0.25) is 0 Å². The lowest BCUT2D eigenvalue weighted by molar-refractivity contribution is 0.0529. The molecule has 0 heterocycles. The number of alkyl carbamates (subject to hydrolysis) is 1. The molecule has 0 atom stereocenters. The Morgan fingerprint density at radius 1 is 1.43 bits per heavy atom. The molecule has 0 saturated carbocycles. The lowest BCUT2D eigenvalue weighted by Crippen LogP contribution is -2.32. The fourth-order valence-corrected chi connectivity index (χ4v) is 1.02. The van der Waals surface area contributed by atoms with Crippen molar-refractivity contribution in [1.29, 1.82) is 0 Å². The SMILES string of the molecule is CC(C)(C)OC(=O)NCCC=CCBr. The van der Waals surface area contributed by atoms with E-state index in [0.717, 1.165) is 11.8 Å². The first-order valence-electron chi connectivity index (χ1n) is 4.63. The molecule has 0 spiro atoms. The zero-order valence-corrected chi connectivity index (χ0v) is 10.6. The largest absolute Gasteiger partial charge is 0.444 e. The topological polar surface area (TPSA) is 38.3 Å². The molecule has 0 bridgehead atoms. The van der Waals surface area contributed by atoms with Crippen LogP contribution in [0.15, 0.2) is 12.2 Å². The number of hydrogen-bond donors (Lipinski definition) is 1. The van der Waals surface area contributed by atoms with E-state index in [0.29, 0.717) is 6.54 Å². The van der Waals surface area contributed by atoms with Crippen molar-refractivity contribution in [1.82, 2.24) is 5.32 Å². The van der Waals surface area contributed by atoms with Crippen LogP contribution in [0, 0.1) is 0 Å². The quantitative estimate of drug-likeness (QED) is 0.481. The van der Waals surface area contributed by atoms with Gasteiger partial charge in [-0.15, -0.1) is 0 Å². The average Bonchev–Trinajstić information content (AvgIpc) is 2.00. The number of carbonyl (C=O) groups excluding carboxylic acids is 1. The molecule has 4 heteroatoms. The Labute approximate surface area is 94.0 Å². The number of hydrogen-bond acceptors (Lipinski definition) is 2. The Balaban J connectivity index is 3.50. The summed E-state index contributed by atoms with van der Waals surface area (Å²) in [4.78, 5) is 11.1. The zero-order valence-electron chi connectivity index (χ0n) is 8.97. The summed E-state index contributed by atoms with van der Waals surface area (Å²) < 4.78 is 5.06. The van der Waals surface area contributed by atoms with E-state index in [-0.39, 0.29) is 6.09 Å². The predicted molar refractivity (Wildman–Crippen MR) is 61.8 cm³/mol. The number of ether oxygens (including phenoxy) is 1. The van der Waals surface area contributed by atoms with Crippen LogP contribution >= 0.6 is 15.9 Å². The highest BCUT2D eigenvalue weighted by Gasteiger charge is 2.14. The molecule has 0 aliphatic heterocycles. The number of rotatable bonds is 4. The van der Waals surface area contributed by atoms with Crippen molar-refractivity contribution in [3.63, 3.8) is 0 Å². The van der Waals surface area contributed by atoms with Gasteiger partial charge in [0, 0.05) is 11.9 Å². The molecule has 0 saturated heterocycles. The van der Waals surface area contributed by atoms with Crippen LogP contribution in [0.25, 0.3) is 0 Å². The smallest absolute Gasteiger partial charge is 0.407 e. The van der Waals surface area contributed by atoms with Gasteiger partial charge in [-0.3, -0.25) is 0 Å². The maximum atomic E-state index is 11.1. The first kappa shape index (κ1) is 13.5. The van der Waals surface area contributed by atoms with Crippen LogP contribution in [0.2, 0.25) is 0 Å².